The second-order valence-electron chi connectivity index (χ2n) is 6.32. The lowest BCUT2D eigenvalue weighted by molar-refractivity contribution is 0.143. The summed E-state index contributed by atoms with van der Waals surface area (Å²) in [6.45, 7) is 3.40. The van der Waals surface area contributed by atoms with E-state index in [1.807, 2.05) is 0 Å². The highest BCUT2D eigenvalue weighted by Crippen LogP contribution is 2.34. The van der Waals surface area contributed by atoms with Crippen LogP contribution in [0.4, 0.5) is 0 Å². The first-order chi connectivity index (χ1) is 10.5. The van der Waals surface area contributed by atoms with Gasteiger partial charge >= 0.3 is 0 Å². The average molecular weight is 284 g/mol. The van der Waals surface area contributed by atoms with Crippen LogP contribution in [-0.2, 0) is 0 Å². The lowest BCUT2D eigenvalue weighted by Crippen LogP contribution is -2.14. The van der Waals surface area contributed by atoms with Gasteiger partial charge in [-0.25, -0.2) is 0 Å². The van der Waals surface area contributed by atoms with Gasteiger partial charge in [0.05, 0.1) is 0 Å². The van der Waals surface area contributed by atoms with Crippen LogP contribution in [-0.4, -0.2) is 10.7 Å². The molecule has 0 saturated heterocycles. The van der Waals surface area contributed by atoms with Crippen LogP contribution >= 0.6 is 0 Å². The molecule has 0 radical (unpaired) electrons. The number of hydrogen-bond acceptors (Lipinski definition) is 1. The van der Waals surface area contributed by atoms with Crippen molar-refractivity contribution in [2.24, 2.45) is 0 Å². The van der Waals surface area contributed by atoms with E-state index in [1.54, 1.807) is 13.8 Å². The van der Waals surface area contributed by atoms with Gasteiger partial charge in [0.1, 0.15) is 5.60 Å². The van der Waals surface area contributed by atoms with Crippen molar-refractivity contribution < 1.29 is 5.11 Å². The van der Waals surface area contributed by atoms with E-state index in [9.17, 15) is 5.11 Å². The number of benzene rings is 4. The van der Waals surface area contributed by atoms with Crippen molar-refractivity contribution in [2.45, 2.75) is 19.4 Å². The third kappa shape index (κ3) is 2.09. The molecule has 4 aromatic rings. The Morgan fingerprint density at radius 3 is 1.82 bits per heavy atom. The summed E-state index contributed by atoms with van der Waals surface area (Å²) in [4.78, 5) is 0. The quantitative estimate of drug-likeness (QED) is 0.366. The SMILES string of the molecule is CC(C)(O)C#Cc1cc2ccc3cccc4ccc(c1)c2c34. The molecular formula is C21H16O. The maximum atomic E-state index is 9.78. The lowest BCUT2D eigenvalue weighted by Gasteiger charge is -2.11. The smallest absolute Gasteiger partial charge is 0.120 e. The molecule has 1 heteroatoms. The van der Waals surface area contributed by atoms with E-state index in [4.69, 9.17) is 0 Å². The van der Waals surface area contributed by atoms with Crippen LogP contribution in [0, 0.1) is 11.8 Å². The lowest BCUT2D eigenvalue weighted by atomic mass is 9.93. The fourth-order valence-corrected chi connectivity index (χ4v) is 3.05. The van der Waals surface area contributed by atoms with E-state index in [1.165, 1.54) is 32.3 Å². The summed E-state index contributed by atoms with van der Waals surface area (Å²) in [7, 11) is 0. The summed E-state index contributed by atoms with van der Waals surface area (Å²) < 4.78 is 0. The van der Waals surface area contributed by atoms with Crippen molar-refractivity contribution in [3.05, 3.63) is 60.2 Å². The molecule has 22 heavy (non-hydrogen) atoms. The average Bonchev–Trinajstić information content (AvgIpc) is 2.50. The van der Waals surface area contributed by atoms with Gasteiger partial charge in [-0.2, -0.15) is 0 Å². The van der Waals surface area contributed by atoms with E-state index < -0.39 is 5.60 Å². The van der Waals surface area contributed by atoms with Gasteiger partial charge in [-0.15, -0.1) is 0 Å². The van der Waals surface area contributed by atoms with E-state index in [0.717, 1.165) is 5.56 Å². The van der Waals surface area contributed by atoms with Crippen LogP contribution in [0.3, 0.4) is 0 Å². The Labute approximate surface area is 129 Å². The normalized spacial score (nSPS) is 12.0. The Bertz CT molecular complexity index is 992. The van der Waals surface area contributed by atoms with Crippen LogP contribution < -0.4 is 0 Å². The summed E-state index contributed by atoms with van der Waals surface area (Å²) in [5.41, 5.74) is -0.0357. The molecule has 0 atom stereocenters. The van der Waals surface area contributed by atoms with Crippen molar-refractivity contribution in [3.63, 3.8) is 0 Å². The predicted molar refractivity (Wildman–Crippen MR) is 93.3 cm³/mol. The molecule has 0 aliphatic rings. The van der Waals surface area contributed by atoms with Crippen LogP contribution in [0.2, 0.25) is 0 Å². The van der Waals surface area contributed by atoms with Crippen molar-refractivity contribution >= 4 is 32.3 Å². The molecule has 0 aliphatic carbocycles. The van der Waals surface area contributed by atoms with Crippen LogP contribution in [0.5, 0.6) is 0 Å². The van der Waals surface area contributed by atoms with Gasteiger partial charge < -0.3 is 5.11 Å². The molecule has 0 spiro atoms. The molecule has 0 amide bonds. The van der Waals surface area contributed by atoms with Crippen molar-refractivity contribution in [2.75, 3.05) is 0 Å². The van der Waals surface area contributed by atoms with Gasteiger partial charge in [0.2, 0.25) is 0 Å². The Kier molecular flexibility index (Phi) is 2.66. The molecule has 0 aliphatic heterocycles. The number of rotatable bonds is 0. The molecule has 1 nitrogen and oxygen atoms in total. The van der Waals surface area contributed by atoms with Gasteiger partial charge in [0.25, 0.3) is 0 Å². The highest BCUT2D eigenvalue weighted by Gasteiger charge is 2.09. The molecule has 0 heterocycles. The van der Waals surface area contributed by atoms with Gasteiger partial charge in [0, 0.05) is 5.56 Å². The van der Waals surface area contributed by atoms with Crippen LogP contribution in [0.1, 0.15) is 19.4 Å². The van der Waals surface area contributed by atoms with Crippen LogP contribution in [0.15, 0.2) is 54.6 Å². The number of hydrogen-bond donors (Lipinski definition) is 1. The van der Waals surface area contributed by atoms with Crippen molar-refractivity contribution in [1.29, 1.82) is 0 Å². The molecule has 0 aromatic heterocycles. The summed E-state index contributed by atoms with van der Waals surface area (Å²) in [6.07, 6.45) is 0. The Morgan fingerprint density at radius 1 is 0.773 bits per heavy atom. The fourth-order valence-electron chi connectivity index (χ4n) is 3.05. The fraction of sp³-hybridized carbons (Fsp3) is 0.143. The second kappa shape index (κ2) is 4.47. The predicted octanol–water partition coefficient (Wildman–Crippen LogP) is 4.71. The molecular weight excluding hydrogens is 268 g/mol. The molecule has 4 rings (SSSR count). The number of aliphatic hydroxyl groups is 1. The standard InChI is InChI=1S/C21H16O/c1-21(2,22)11-10-14-12-17-8-6-15-4-3-5-16-7-9-18(13-14)20(17)19(15)16/h3-9,12-13,22H,1-2H3. The maximum absolute atomic E-state index is 9.78. The van der Waals surface area contributed by atoms with Gasteiger partial charge in [0.15, 0.2) is 0 Å². The highest BCUT2D eigenvalue weighted by molar-refractivity contribution is 6.23. The first kappa shape index (κ1) is 13.1. The largest absolute Gasteiger partial charge is 0.378 e. The van der Waals surface area contributed by atoms with E-state index in [-0.39, 0.29) is 0 Å². The molecule has 0 unspecified atom stereocenters. The monoisotopic (exact) mass is 284 g/mol. The van der Waals surface area contributed by atoms with Crippen LogP contribution in [0.25, 0.3) is 32.3 Å². The minimum Gasteiger partial charge on any atom is -0.378 e. The summed E-state index contributed by atoms with van der Waals surface area (Å²) in [5.74, 6) is 5.97. The zero-order chi connectivity index (χ0) is 15.3. The van der Waals surface area contributed by atoms with Gasteiger partial charge in [-0.3, -0.25) is 0 Å². The molecule has 1 N–H and O–H groups in total. The van der Waals surface area contributed by atoms with E-state index >= 15 is 0 Å². The summed E-state index contributed by atoms with van der Waals surface area (Å²) in [6, 6.07) is 19.3. The minimum atomic E-state index is -0.974. The van der Waals surface area contributed by atoms with Gasteiger partial charge in [-0.1, -0.05) is 54.3 Å². The van der Waals surface area contributed by atoms with E-state index in [0.29, 0.717) is 0 Å². The zero-order valence-electron chi connectivity index (χ0n) is 12.6. The molecule has 4 aromatic carbocycles. The third-order valence-electron chi connectivity index (χ3n) is 3.98. The first-order valence-corrected chi connectivity index (χ1v) is 7.44. The zero-order valence-corrected chi connectivity index (χ0v) is 12.6. The van der Waals surface area contributed by atoms with Gasteiger partial charge in [-0.05, 0) is 58.3 Å². The Balaban J connectivity index is 2.07. The Hall–Kier alpha value is -2.56. The minimum absolute atomic E-state index is 0.938. The summed E-state index contributed by atoms with van der Waals surface area (Å²) >= 11 is 0. The molecule has 106 valence electrons. The third-order valence-corrected chi connectivity index (χ3v) is 3.98. The van der Waals surface area contributed by atoms with Crippen molar-refractivity contribution in [1.82, 2.24) is 0 Å². The second-order valence-corrected chi connectivity index (χ2v) is 6.32. The first-order valence-electron chi connectivity index (χ1n) is 7.44. The summed E-state index contributed by atoms with van der Waals surface area (Å²) in [5, 5.41) is 17.3. The topological polar surface area (TPSA) is 20.2 Å². The molecule has 0 fully saturated rings. The Morgan fingerprint density at radius 2 is 1.27 bits per heavy atom. The maximum Gasteiger partial charge on any atom is 0.120 e. The van der Waals surface area contributed by atoms with E-state index in [2.05, 4.69) is 66.4 Å². The molecule has 0 bridgehead atoms. The molecule has 0 saturated carbocycles. The highest BCUT2D eigenvalue weighted by atomic mass is 16.3. The van der Waals surface area contributed by atoms with Crippen molar-refractivity contribution in [3.8, 4) is 11.8 Å².